The highest BCUT2D eigenvalue weighted by Crippen LogP contribution is 2.42. The molecule has 2 heterocycles. The van der Waals surface area contributed by atoms with E-state index in [1.807, 2.05) is 13.8 Å². The Kier molecular flexibility index (Phi) is 5.81. The number of ether oxygens (including phenoxy) is 1. The average Bonchev–Trinajstić information content (AvgIpc) is 3.39. The van der Waals surface area contributed by atoms with Gasteiger partial charge in [-0.05, 0) is 60.5 Å². The van der Waals surface area contributed by atoms with Crippen LogP contribution in [0.4, 0.5) is 10.1 Å². The lowest BCUT2D eigenvalue weighted by atomic mass is 9.99. The monoisotopic (exact) mass is 435 g/mol. The summed E-state index contributed by atoms with van der Waals surface area (Å²) in [6.07, 6.45) is 1.40. The molecule has 0 spiro atoms. The molecule has 6 nitrogen and oxygen atoms in total. The maximum absolute atomic E-state index is 13.9. The van der Waals surface area contributed by atoms with Crippen molar-refractivity contribution in [2.24, 2.45) is 5.92 Å². The molecule has 7 heteroatoms. The van der Waals surface area contributed by atoms with Crippen LogP contribution in [0.3, 0.4) is 0 Å². The molecule has 0 saturated carbocycles. The molecule has 1 aliphatic heterocycles. The van der Waals surface area contributed by atoms with Crippen LogP contribution in [-0.2, 0) is 9.59 Å². The Morgan fingerprint density at radius 1 is 1.12 bits per heavy atom. The predicted octanol–water partition coefficient (Wildman–Crippen LogP) is 5.08. The summed E-state index contributed by atoms with van der Waals surface area (Å²) in [7, 11) is 0. The smallest absolute Gasteiger partial charge is 0.300 e. The van der Waals surface area contributed by atoms with E-state index in [4.69, 9.17) is 9.15 Å². The highest BCUT2D eigenvalue weighted by Gasteiger charge is 2.48. The van der Waals surface area contributed by atoms with Gasteiger partial charge in [0.2, 0.25) is 0 Å². The summed E-state index contributed by atoms with van der Waals surface area (Å²) in [6.45, 7) is 4.61. The van der Waals surface area contributed by atoms with E-state index in [2.05, 4.69) is 0 Å². The lowest BCUT2D eigenvalue weighted by Crippen LogP contribution is -2.29. The summed E-state index contributed by atoms with van der Waals surface area (Å²) in [5.74, 6) is -1.41. The van der Waals surface area contributed by atoms with E-state index in [9.17, 15) is 19.1 Å². The molecule has 1 aliphatic rings. The number of carbonyl (C=O) groups excluding carboxylic acids is 2. The third-order valence-electron chi connectivity index (χ3n) is 5.05. The lowest BCUT2D eigenvalue weighted by Gasteiger charge is -2.23. The van der Waals surface area contributed by atoms with Crippen molar-refractivity contribution in [1.29, 1.82) is 0 Å². The number of benzene rings is 2. The second-order valence-corrected chi connectivity index (χ2v) is 7.89. The van der Waals surface area contributed by atoms with E-state index in [0.717, 1.165) is 11.0 Å². The number of ketones is 1. The predicted molar refractivity (Wildman–Crippen MR) is 117 cm³/mol. The SMILES string of the molecule is CC(C)COc1ccc(/C(O)=C2/C(=O)C(=O)N(c3cccc(F)c3)C2c2ccco2)cc1. The van der Waals surface area contributed by atoms with Crippen molar-refractivity contribution in [3.05, 3.63) is 89.6 Å². The topological polar surface area (TPSA) is 80.0 Å². The van der Waals surface area contributed by atoms with Crippen LogP contribution in [0.2, 0.25) is 0 Å². The van der Waals surface area contributed by atoms with Crippen molar-refractivity contribution in [2.45, 2.75) is 19.9 Å². The number of halogens is 1. The summed E-state index contributed by atoms with van der Waals surface area (Å²) in [6, 6.07) is 14.1. The van der Waals surface area contributed by atoms with Gasteiger partial charge in [-0.15, -0.1) is 0 Å². The Hall–Kier alpha value is -3.87. The number of furan rings is 1. The first-order valence-corrected chi connectivity index (χ1v) is 10.2. The van der Waals surface area contributed by atoms with Crippen molar-refractivity contribution in [3.63, 3.8) is 0 Å². The zero-order valence-corrected chi connectivity index (χ0v) is 17.6. The largest absolute Gasteiger partial charge is 0.507 e. The lowest BCUT2D eigenvalue weighted by molar-refractivity contribution is -0.132. The fourth-order valence-electron chi connectivity index (χ4n) is 3.57. The second kappa shape index (κ2) is 8.70. The number of hydrogen-bond acceptors (Lipinski definition) is 5. The first-order chi connectivity index (χ1) is 15.4. The third-order valence-corrected chi connectivity index (χ3v) is 5.05. The molecular formula is C25H22FNO5. The maximum Gasteiger partial charge on any atom is 0.300 e. The van der Waals surface area contributed by atoms with Gasteiger partial charge in [0, 0.05) is 11.3 Å². The van der Waals surface area contributed by atoms with Gasteiger partial charge >= 0.3 is 0 Å². The van der Waals surface area contributed by atoms with Gasteiger partial charge < -0.3 is 14.3 Å². The first kappa shape index (κ1) is 21.4. The normalized spacial score (nSPS) is 17.9. The quantitative estimate of drug-likeness (QED) is 0.332. The molecule has 2 aromatic carbocycles. The summed E-state index contributed by atoms with van der Waals surface area (Å²) in [5.41, 5.74) is 0.394. The molecule has 1 unspecified atom stereocenters. The van der Waals surface area contributed by atoms with E-state index in [1.54, 1.807) is 36.4 Å². The first-order valence-electron chi connectivity index (χ1n) is 10.2. The van der Waals surface area contributed by atoms with Crippen LogP contribution in [-0.4, -0.2) is 23.4 Å². The molecule has 32 heavy (non-hydrogen) atoms. The number of aliphatic hydroxyl groups excluding tert-OH is 1. The molecule has 3 aromatic rings. The number of amides is 1. The van der Waals surface area contributed by atoms with Crippen LogP contribution in [0.25, 0.3) is 5.76 Å². The molecule has 1 aromatic heterocycles. The van der Waals surface area contributed by atoms with Gasteiger partial charge in [-0.1, -0.05) is 19.9 Å². The molecular weight excluding hydrogens is 413 g/mol. The fraction of sp³-hybridized carbons (Fsp3) is 0.200. The van der Waals surface area contributed by atoms with Gasteiger partial charge in [0.25, 0.3) is 11.7 Å². The van der Waals surface area contributed by atoms with Gasteiger partial charge in [0.05, 0.1) is 18.4 Å². The molecule has 0 radical (unpaired) electrons. The summed E-state index contributed by atoms with van der Waals surface area (Å²) in [4.78, 5) is 27.0. The van der Waals surface area contributed by atoms with Crippen molar-refractivity contribution >= 4 is 23.1 Å². The van der Waals surface area contributed by atoms with Crippen LogP contribution in [0.5, 0.6) is 5.75 Å². The number of carbonyl (C=O) groups is 2. The second-order valence-electron chi connectivity index (χ2n) is 7.89. The highest BCUT2D eigenvalue weighted by atomic mass is 19.1. The van der Waals surface area contributed by atoms with Crippen LogP contribution in [0, 0.1) is 11.7 Å². The number of hydrogen-bond donors (Lipinski definition) is 1. The van der Waals surface area contributed by atoms with Crippen LogP contribution >= 0.6 is 0 Å². The van der Waals surface area contributed by atoms with E-state index < -0.39 is 23.5 Å². The molecule has 0 bridgehead atoms. The van der Waals surface area contributed by atoms with Crippen molar-refractivity contribution in [2.75, 3.05) is 11.5 Å². The summed E-state index contributed by atoms with van der Waals surface area (Å²) in [5, 5.41) is 11.0. The molecule has 164 valence electrons. The Morgan fingerprint density at radius 3 is 2.50 bits per heavy atom. The van der Waals surface area contributed by atoms with Gasteiger partial charge in [0.1, 0.15) is 29.1 Å². The molecule has 1 amide bonds. The minimum atomic E-state index is -1.04. The van der Waals surface area contributed by atoms with Crippen LogP contribution in [0.15, 0.2) is 76.9 Å². The van der Waals surface area contributed by atoms with Crippen molar-refractivity contribution in [3.8, 4) is 5.75 Å². The van der Waals surface area contributed by atoms with Crippen molar-refractivity contribution in [1.82, 2.24) is 0 Å². The number of rotatable bonds is 6. The van der Waals surface area contributed by atoms with E-state index in [0.29, 0.717) is 23.8 Å². The molecule has 0 aliphatic carbocycles. The van der Waals surface area contributed by atoms with Gasteiger partial charge in [0.15, 0.2) is 0 Å². The molecule has 4 rings (SSSR count). The Labute approximate surface area is 184 Å². The average molecular weight is 435 g/mol. The minimum Gasteiger partial charge on any atom is -0.507 e. The zero-order valence-electron chi connectivity index (χ0n) is 17.6. The third kappa shape index (κ3) is 4.01. The Balaban J connectivity index is 1.78. The molecule has 1 fully saturated rings. The number of Topliss-reactive ketones (excluding diaryl/α,β-unsaturated/α-hetero) is 1. The summed E-state index contributed by atoms with van der Waals surface area (Å²) < 4.78 is 25.0. The van der Waals surface area contributed by atoms with E-state index in [-0.39, 0.29) is 22.8 Å². The zero-order chi connectivity index (χ0) is 22.8. The minimum absolute atomic E-state index is 0.134. The molecule has 1 atom stereocenters. The highest BCUT2D eigenvalue weighted by molar-refractivity contribution is 6.51. The van der Waals surface area contributed by atoms with Gasteiger partial charge in [-0.2, -0.15) is 0 Å². The maximum atomic E-state index is 13.9. The number of aliphatic hydroxyl groups is 1. The van der Waals surface area contributed by atoms with Crippen molar-refractivity contribution < 1.29 is 28.2 Å². The number of anilines is 1. The van der Waals surface area contributed by atoms with Gasteiger partial charge in [-0.25, -0.2) is 4.39 Å². The number of nitrogens with zero attached hydrogens (tertiary/aromatic N) is 1. The standard InChI is InChI=1S/C25H22FNO5/c1-15(2)14-32-19-10-8-16(9-11-19)23(28)21-22(20-7-4-12-31-20)27(25(30)24(21)29)18-6-3-5-17(26)13-18/h3-13,15,22,28H,14H2,1-2H3/b23-21-. The Bertz CT molecular complexity index is 1170. The van der Waals surface area contributed by atoms with E-state index in [1.165, 1.54) is 24.5 Å². The van der Waals surface area contributed by atoms with Crippen LogP contribution < -0.4 is 9.64 Å². The van der Waals surface area contributed by atoms with E-state index >= 15 is 0 Å². The van der Waals surface area contributed by atoms with Gasteiger partial charge in [-0.3, -0.25) is 14.5 Å². The molecule has 1 N–H and O–H groups in total. The van der Waals surface area contributed by atoms with Crippen LogP contribution in [0.1, 0.15) is 31.2 Å². The summed E-state index contributed by atoms with van der Waals surface area (Å²) >= 11 is 0. The fourth-order valence-corrected chi connectivity index (χ4v) is 3.57. The Morgan fingerprint density at radius 2 is 1.88 bits per heavy atom. The molecule has 1 saturated heterocycles.